The Bertz CT molecular complexity index is 484. The molecule has 1 N–H and O–H groups in total. The van der Waals surface area contributed by atoms with E-state index in [4.69, 9.17) is 0 Å². The molecule has 1 aliphatic rings. The maximum absolute atomic E-state index is 4.42. The van der Waals surface area contributed by atoms with Crippen molar-refractivity contribution in [1.82, 2.24) is 10.2 Å². The molecule has 1 aromatic rings. The number of nitrogens with one attached hydrogen (secondary N) is 1. The van der Waals surface area contributed by atoms with Gasteiger partial charge in [-0.15, -0.1) is 11.8 Å². The highest BCUT2D eigenvalue weighted by atomic mass is 32.2. The van der Waals surface area contributed by atoms with Crippen molar-refractivity contribution >= 4 is 17.7 Å². The molecule has 1 heterocycles. The van der Waals surface area contributed by atoms with Crippen LogP contribution in [0.5, 0.6) is 0 Å². The molecule has 120 valence electrons. The van der Waals surface area contributed by atoms with E-state index in [1.807, 2.05) is 18.8 Å². The average molecular weight is 318 g/mol. The monoisotopic (exact) mass is 317 g/mol. The Labute approximate surface area is 138 Å². The molecule has 0 bridgehead atoms. The molecule has 0 radical (unpaired) electrons. The second kappa shape index (κ2) is 9.57. The number of hydrogen-bond donors (Lipinski definition) is 1. The molecule has 3 nitrogen and oxygen atoms in total. The van der Waals surface area contributed by atoms with Gasteiger partial charge in [-0.2, -0.15) is 0 Å². The van der Waals surface area contributed by atoms with Crippen molar-refractivity contribution in [3.05, 3.63) is 42.5 Å². The van der Waals surface area contributed by atoms with Gasteiger partial charge in [0.25, 0.3) is 0 Å². The van der Waals surface area contributed by atoms with Gasteiger partial charge in [-0.05, 0) is 37.8 Å². The summed E-state index contributed by atoms with van der Waals surface area (Å²) in [5.74, 6) is 2.99. The largest absolute Gasteiger partial charge is 0.356 e. The normalized spacial score (nSPS) is 19.1. The minimum atomic E-state index is 0.749. The van der Waals surface area contributed by atoms with E-state index in [1.165, 1.54) is 17.1 Å². The molecule has 22 heavy (non-hydrogen) atoms. The molecule has 2 rings (SSSR count). The topological polar surface area (TPSA) is 27.6 Å². The van der Waals surface area contributed by atoms with E-state index in [0.717, 1.165) is 37.9 Å². The van der Waals surface area contributed by atoms with Crippen molar-refractivity contribution in [1.29, 1.82) is 0 Å². The van der Waals surface area contributed by atoms with E-state index in [9.17, 15) is 0 Å². The number of benzene rings is 1. The van der Waals surface area contributed by atoms with Crippen LogP contribution in [0.4, 0.5) is 0 Å². The van der Waals surface area contributed by atoms with Crippen molar-refractivity contribution in [3.63, 3.8) is 0 Å². The summed E-state index contributed by atoms with van der Waals surface area (Å²) in [6.45, 7) is 5.24. The number of likely N-dealkylation sites (tertiary alicyclic amines) is 1. The Balaban J connectivity index is 1.73. The standard InChI is InChI=1S/C18H27N3S/c1-3-4-8-12-20-18(19-2)21-13-11-16(14-21)15-22-17-9-6-5-7-10-17/h3-7,9-10,16H,8,11-15H2,1-2H3,(H,19,20)/b4-3+. The van der Waals surface area contributed by atoms with Crippen LogP contribution in [0.1, 0.15) is 19.8 Å². The Kier molecular flexibility index (Phi) is 7.37. The van der Waals surface area contributed by atoms with Gasteiger partial charge in [-0.25, -0.2) is 0 Å². The first kappa shape index (κ1) is 16.9. The predicted octanol–water partition coefficient (Wildman–Crippen LogP) is 3.64. The van der Waals surface area contributed by atoms with Crippen molar-refractivity contribution < 1.29 is 0 Å². The first-order valence-electron chi connectivity index (χ1n) is 8.08. The quantitative estimate of drug-likeness (QED) is 0.285. The van der Waals surface area contributed by atoms with Gasteiger partial charge in [-0.3, -0.25) is 4.99 Å². The summed E-state index contributed by atoms with van der Waals surface area (Å²) in [4.78, 5) is 8.19. The Morgan fingerprint density at radius 3 is 2.95 bits per heavy atom. The van der Waals surface area contributed by atoms with E-state index in [2.05, 4.69) is 64.6 Å². The molecule has 0 aliphatic carbocycles. The highest BCUT2D eigenvalue weighted by molar-refractivity contribution is 7.99. The first-order valence-corrected chi connectivity index (χ1v) is 9.06. The molecule has 1 saturated heterocycles. The molecule has 0 saturated carbocycles. The van der Waals surface area contributed by atoms with Crippen molar-refractivity contribution in [2.24, 2.45) is 10.9 Å². The third-order valence-corrected chi connectivity index (χ3v) is 5.10. The lowest BCUT2D eigenvalue weighted by Gasteiger charge is -2.21. The number of aliphatic imine (C=N–C) groups is 1. The Morgan fingerprint density at radius 2 is 2.23 bits per heavy atom. The summed E-state index contributed by atoms with van der Waals surface area (Å²) in [6, 6.07) is 10.7. The third-order valence-electron chi connectivity index (χ3n) is 3.86. The van der Waals surface area contributed by atoms with Crippen LogP contribution in [0.3, 0.4) is 0 Å². The summed E-state index contributed by atoms with van der Waals surface area (Å²) in [6.07, 6.45) is 6.59. The van der Waals surface area contributed by atoms with Crippen LogP contribution in [-0.2, 0) is 0 Å². The van der Waals surface area contributed by atoms with Gasteiger partial charge in [0, 0.05) is 37.3 Å². The van der Waals surface area contributed by atoms with Gasteiger partial charge in [0.05, 0.1) is 0 Å². The van der Waals surface area contributed by atoms with Crippen LogP contribution in [0, 0.1) is 5.92 Å². The predicted molar refractivity (Wildman–Crippen MR) is 97.6 cm³/mol. The highest BCUT2D eigenvalue weighted by Crippen LogP contribution is 2.25. The van der Waals surface area contributed by atoms with Crippen molar-refractivity contribution in [2.45, 2.75) is 24.7 Å². The number of guanidine groups is 1. The van der Waals surface area contributed by atoms with Gasteiger partial charge in [-0.1, -0.05) is 30.4 Å². The second-order valence-electron chi connectivity index (χ2n) is 5.56. The van der Waals surface area contributed by atoms with Gasteiger partial charge < -0.3 is 10.2 Å². The van der Waals surface area contributed by atoms with E-state index < -0.39 is 0 Å². The fourth-order valence-electron chi connectivity index (χ4n) is 2.66. The lowest BCUT2D eigenvalue weighted by atomic mass is 10.2. The molecule has 1 aromatic carbocycles. The molecule has 0 aromatic heterocycles. The zero-order valence-corrected chi connectivity index (χ0v) is 14.5. The molecule has 0 spiro atoms. The highest BCUT2D eigenvalue weighted by Gasteiger charge is 2.24. The van der Waals surface area contributed by atoms with Crippen LogP contribution in [0.15, 0.2) is 52.4 Å². The Hall–Kier alpha value is -1.42. The molecule has 1 atom stereocenters. The fraction of sp³-hybridized carbons (Fsp3) is 0.500. The first-order chi connectivity index (χ1) is 10.8. The summed E-state index contributed by atoms with van der Waals surface area (Å²) >= 11 is 1.97. The number of hydrogen-bond acceptors (Lipinski definition) is 2. The number of nitrogens with zero attached hydrogens (tertiary/aromatic N) is 2. The molecule has 1 aliphatic heterocycles. The van der Waals surface area contributed by atoms with E-state index in [1.54, 1.807) is 0 Å². The van der Waals surface area contributed by atoms with Crippen LogP contribution < -0.4 is 5.32 Å². The summed E-state index contributed by atoms with van der Waals surface area (Å²) in [5, 5.41) is 3.46. The van der Waals surface area contributed by atoms with Crippen LogP contribution in [0.2, 0.25) is 0 Å². The van der Waals surface area contributed by atoms with Gasteiger partial charge >= 0.3 is 0 Å². The zero-order valence-electron chi connectivity index (χ0n) is 13.7. The third kappa shape index (κ3) is 5.41. The maximum atomic E-state index is 4.42. The smallest absolute Gasteiger partial charge is 0.193 e. The molecule has 0 amide bonds. The average Bonchev–Trinajstić information content (AvgIpc) is 3.03. The van der Waals surface area contributed by atoms with E-state index in [-0.39, 0.29) is 0 Å². The summed E-state index contributed by atoms with van der Waals surface area (Å²) in [7, 11) is 1.88. The molecule has 4 heteroatoms. The number of allylic oxidation sites excluding steroid dienone is 1. The summed E-state index contributed by atoms with van der Waals surface area (Å²) < 4.78 is 0. The summed E-state index contributed by atoms with van der Waals surface area (Å²) in [5.41, 5.74) is 0. The molecule has 1 fully saturated rings. The zero-order chi connectivity index (χ0) is 15.6. The molecular weight excluding hydrogens is 290 g/mol. The number of thioether (sulfide) groups is 1. The minimum absolute atomic E-state index is 0.749. The lowest BCUT2D eigenvalue weighted by molar-refractivity contribution is 0.475. The van der Waals surface area contributed by atoms with Gasteiger partial charge in [0.15, 0.2) is 5.96 Å². The van der Waals surface area contributed by atoms with Crippen LogP contribution in [-0.4, -0.2) is 43.3 Å². The SMILES string of the molecule is C/C=C/CCNC(=NC)N1CCC(CSc2ccccc2)C1. The van der Waals surface area contributed by atoms with E-state index in [0.29, 0.717) is 0 Å². The fourth-order valence-corrected chi connectivity index (χ4v) is 3.71. The molecule has 1 unspecified atom stereocenters. The van der Waals surface area contributed by atoms with E-state index >= 15 is 0 Å². The lowest BCUT2D eigenvalue weighted by Crippen LogP contribution is -2.40. The minimum Gasteiger partial charge on any atom is -0.356 e. The van der Waals surface area contributed by atoms with Gasteiger partial charge in [0.2, 0.25) is 0 Å². The maximum Gasteiger partial charge on any atom is 0.193 e. The Morgan fingerprint density at radius 1 is 1.41 bits per heavy atom. The van der Waals surface area contributed by atoms with Crippen molar-refractivity contribution in [2.75, 3.05) is 32.4 Å². The second-order valence-corrected chi connectivity index (χ2v) is 6.65. The van der Waals surface area contributed by atoms with Crippen molar-refractivity contribution in [3.8, 4) is 0 Å². The van der Waals surface area contributed by atoms with Crippen LogP contribution >= 0.6 is 11.8 Å². The van der Waals surface area contributed by atoms with Crippen LogP contribution in [0.25, 0.3) is 0 Å². The van der Waals surface area contributed by atoms with Gasteiger partial charge in [0.1, 0.15) is 0 Å². The number of rotatable bonds is 6. The molecular formula is C18H27N3S.